The zero-order chi connectivity index (χ0) is 27.0. The molecule has 0 aliphatic carbocycles. The Balaban J connectivity index is 1.97. The molecule has 0 bridgehead atoms. The normalized spacial score (nSPS) is 15.4. The van der Waals surface area contributed by atoms with Gasteiger partial charge in [-0.25, -0.2) is 4.99 Å². The molecular formula is C25H22BrClN4O5S. The van der Waals surface area contributed by atoms with Crippen molar-refractivity contribution in [2.24, 2.45) is 4.99 Å². The lowest BCUT2D eigenvalue weighted by molar-refractivity contribution is -0.386. The third-order valence-electron chi connectivity index (χ3n) is 6.05. The number of hydrogen-bond donors (Lipinski definition) is 1. The molecule has 0 fully saturated rings. The second kappa shape index (κ2) is 10.6. The van der Waals surface area contributed by atoms with E-state index >= 15 is 0 Å². The summed E-state index contributed by atoms with van der Waals surface area (Å²) >= 11 is 10.4. The third kappa shape index (κ3) is 4.98. The molecule has 2 aromatic carbocycles. The van der Waals surface area contributed by atoms with Crippen molar-refractivity contribution >= 4 is 56.5 Å². The first kappa shape index (κ1) is 26.8. The number of halogens is 2. The van der Waals surface area contributed by atoms with Gasteiger partial charge in [0.25, 0.3) is 11.5 Å². The summed E-state index contributed by atoms with van der Waals surface area (Å²) in [5.74, 6) is -0.708. The van der Waals surface area contributed by atoms with E-state index in [2.05, 4.69) is 20.9 Å². The zero-order valence-electron chi connectivity index (χ0n) is 20.1. The number of nitro benzene ring substituents is 1. The number of aromatic nitrogens is 1. The monoisotopic (exact) mass is 604 g/mol. The molecule has 37 heavy (non-hydrogen) atoms. The fourth-order valence-electron chi connectivity index (χ4n) is 4.22. The summed E-state index contributed by atoms with van der Waals surface area (Å²) in [5.41, 5.74) is 1.06. The topological polar surface area (TPSA) is 118 Å². The number of rotatable bonds is 6. The Morgan fingerprint density at radius 1 is 1.30 bits per heavy atom. The molecule has 3 aromatic rings. The van der Waals surface area contributed by atoms with E-state index in [-0.39, 0.29) is 14.9 Å². The van der Waals surface area contributed by atoms with Gasteiger partial charge in [-0.3, -0.25) is 24.3 Å². The number of benzene rings is 2. The van der Waals surface area contributed by atoms with E-state index in [1.807, 2.05) is 13.8 Å². The first-order valence-corrected chi connectivity index (χ1v) is 13.3. The molecule has 12 heteroatoms. The highest BCUT2D eigenvalue weighted by Crippen LogP contribution is 2.35. The molecule has 0 unspecified atom stereocenters. The minimum absolute atomic E-state index is 0.128. The molecule has 0 spiro atoms. The largest absolute Gasteiger partial charge is 0.501 e. The minimum atomic E-state index is -0.732. The van der Waals surface area contributed by atoms with Crippen LogP contribution in [0.2, 0.25) is 5.02 Å². The molecule has 1 aromatic heterocycles. The number of allylic oxidation sites excluding steroid dienone is 1. The number of phenolic OH excluding ortho intramolecular Hbond substituents is 1. The van der Waals surface area contributed by atoms with Gasteiger partial charge in [-0.1, -0.05) is 35.1 Å². The van der Waals surface area contributed by atoms with Gasteiger partial charge in [-0.15, -0.1) is 0 Å². The highest BCUT2D eigenvalue weighted by molar-refractivity contribution is 9.10. The Kier molecular flexibility index (Phi) is 7.67. The molecule has 0 radical (unpaired) electrons. The Labute approximate surface area is 228 Å². The molecule has 0 saturated carbocycles. The summed E-state index contributed by atoms with van der Waals surface area (Å²) in [6.45, 7) is 6.52. The lowest BCUT2D eigenvalue weighted by Crippen LogP contribution is -2.43. The third-order valence-corrected chi connectivity index (χ3v) is 7.89. The molecular weight excluding hydrogens is 584 g/mol. The Morgan fingerprint density at radius 3 is 2.54 bits per heavy atom. The van der Waals surface area contributed by atoms with Gasteiger partial charge in [0, 0.05) is 24.2 Å². The van der Waals surface area contributed by atoms with E-state index in [9.17, 15) is 24.8 Å². The molecule has 2 heterocycles. The van der Waals surface area contributed by atoms with Crippen LogP contribution in [0.3, 0.4) is 0 Å². The summed E-state index contributed by atoms with van der Waals surface area (Å²) in [6, 6.07) is 8.90. The number of carbonyl (C=O) groups is 1. The van der Waals surface area contributed by atoms with Crippen LogP contribution in [0, 0.1) is 10.1 Å². The van der Waals surface area contributed by atoms with Gasteiger partial charge in [0.1, 0.15) is 0 Å². The fraction of sp³-hybridized carbons (Fsp3) is 0.240. The van der Waals surface area contributed by atoms with Gasteiger partial charge in [-0.05, 0) is 72.1 Å². The van der Waals surface area contributed by atoms with Gasteiger partial charge in [0.05, 0.1) is 31.2 Å². The van der Waals surface area contributed by atoms with Crippen molar-refractivity contribution in [3.63, 3.8) is 0 Å². The summed E-state index contributed by atoms with van der Waals surface area (Å²) in [7, 11) is 0. The number of amides is 1. The van der Waals surface area contributed by atoms with Crippen LogP contribution in [0.15, 0.2) is 61.9 Å². The number of phenols is 1. The van der Waals surface area contributed by atoms with E-state index in [0.717, 1.165) is 11.3 Å². The molecule has 1 aliphatic heterocycles. The highest BCUT2D eigenvalue weighted by Gasteiger charge is 2.34. The van der Waals surface area contributed by atoms with Crippen LogP contribution in [0.25, 0.3) is 6.08 Å². The first-order chi connectivity index (χ1) is 17.6. The highest BCUT2D eigenvalue weighted by atomic mass is 79.9. The lowest BCUT2D eigenvalue weighted by Gasteiger charge is -2.29. The van der Waals surface area contributed by atoms with Crippen molar-refractivity contribution in [1.82, 2.24) is 9.47 Å². The molecule has 9 nitrogen and oxygen atoms in total. The second-order valence-corrected chi connectivity index (χ2v) is 10.5. The maximum absolute atomic E-state index is 13.7. The van der Waals surface area contributed by atoms with Gasteiger partial charge < -0.3 is 10.0 Å². The van der Waals surface area contributed by atoms with E-state index in [1.54, 1.807) is 36.1 Å². The lowest BCUT2D eigenvalue weighted by atomic mass is 9.94. The predicted octanol–water partition coefficient (Wildman–Crippen LogP) is 4.13. The van der Waals surface area contributed by atoms with Crippen molar-refractivity contribution < 1.29 is 14.8 Å². The second-order valence-electron chi connectivity index (χ2n) is 8.24. The van der Waals surface area contributed by atoms with Crippen molar-refractivity contribution in [3.8, 4) is 5.75 Å². The predicted molar refractivity (Wildman–Crippen MR) is 146 cm³/mol. The van der Waals surface area contributed by atoms with E-state index in [0.29, 0.717) is 45.3 Å². The number of hydrogen-bond acceptors (Lipinski definition) is 7. The summed E-state index contributed by atoms with van der Waals surface area (Å²) in [4.78, 5) is 44.7. The quantitative estimate of drug-likeness (QED) is 0.335. The number of thiazole rings is 1. The summed E-state index contributed by atoms with van der Waals surface area (Å²) < 4.78 is 1.88. The van der Waals surface area contributed by atoms with Gasteiger partial charge in [0.2, 0.25) is 5.75 Å². The first-order valence-electron chi connectivity index (χ1n) is 11.3. The number of likely N-dealkylation sites (N-methyl/N-ethyl adjacent to an activating group) is 1. The molecule has 192 valence electrons. The molecule has 1 aliphatic rings. The minimum Gasteiger partial charge on any atom is -0.501 e. The van der Waals surface area contributed by atoms with Crippen LogP contribution in [0.1, 0.15) is 37.9 Å². The van der Waals surface area contributed by atoms with Gasteiger partial charge in [0.15, 0.2) is 4.80 Å². The maximum Gasteiger partial charge on any atom is 0.312 e. The summed E-state index contributed by atoms with van der Waals surface area (Å²) in [6.07, 6.45) is 1.51. The van der Waals surface area contributed by atoms with Crippen LogP contribution in [0.4, 0.5) is 5.69 Å². The van der Waals surface area contributed by atoms with Crippen molar-refractivity contribution in [2.75, 3.05) is 13.1 Å². The van der Waals surface area contributed by atoms with Crippen molar-refractivity contribution in [1.29, 1.82) is 0 Å². The molecule has 4 rings (SSSR count). The number of carbonyl (C=O) groups excluding carboxylic acids is 1. The fourth-order valence-corrected chi connectivity index (χ4v) is 5.86. The average molecular weight is 606 g/mol. The number of nitrogens with zero attached hydrogens (tertiary/aromatic N) is 4. The number of fused-ring (bicyclic) bond motifs is 1. The van der Waals surface area contributed by atoms with Crippen LogP contribution < -0.4 is 14.9 Å². The summed E-state index contributed by atoms with van der Waals surface area (Å²) in [5, 5.41) is 21.9. The van der Waals surface area contributed by atoms with Gasteiger partial charge in [-0.2, -0.15) is 0 Å². The molecule has 0 saturated heterocycles. The zero-order valence-corrected chi connectivity index (χ0v) is 23.2. The molecule has 1 amide bonds. The standard InChI is InChI=1S/C25H22BrClN4O5S/c1-4-29(5-2)24(34)20-13(3)28-25-30(21(20)15-6-8-16(27)9-7-15)23(33)19(37-25)12-14-10-17(26)22(32)18(11-14)31(35)36/h6-12,21,32H,4-5H2,1-3H3/b19-12+/t21-/m0/s1. The van der Waals surface area contributed by atoms with Crippen molar-refractivity contribution in [3.05, 3.63) is 98.1 Å². The number of nitro groups is 1. The van der Waals surface area contributed by atoms with E-state index in [1.165, 1.54) is 22.8 Å². The molecule has 1 N–H and O–H groups in total. The Bertz CT molecular complexity index is 1620. The Hall–Kier alpha value is -3.28. The van der Waals surface area contributed by atoms with Crippen molar-refractivity contribution in [2.45, 2.75) is 26.8 Å². The maximum atomic E-state index is 13.7. The van der Waals surface area contributed by atoms with Gasteiger partial charge >= 0.3 is 5.69 Å². The average Bonchev–Trinajstić information content (AvgIpc) is 3.15. The van der Waals surface area contributed by atoms with E-state index < -0.39 is 28.0 Å². The molecule has 1 atom stereocenters. The van der Waals surface area contributed by atoms with Crippen LogP contribution >= 0.6 is 38.9 Å². The smallest absolute Gasteiger partial charge is 0.312 e. The Morgan fingerprint density at radius 2 is 1.95 bits per heavy atom. The SMILES string of the molecule is CCN(CC)C(=O)C1=C(C)N=c2s/c(=C/c3cc(Br)c(O)c([N+](=O)[O-])c3)c(=O)n2[C@H]1c1ccc(Cl)cc1. The van der Waals surface area contributed by atoms with E-state index in [4.69, 9.17) is 11.6 Å². The van der Waals surface area contributed by atoms with Crippen LogP contribution in [0.5, 0.6) is 5.75 Å². The number of aromatic hydroxyl groups is 1. The van der Waals surface area contributed by atoms with Crippen LogP contribution in [-0.4, -0.2) is 38.5 Å². The van der Waals surface area contributed by atoms with Crippen LogP contribution in [-0.2, 0) is 4.79 Å².